The summed E-state index contributed by atoms with van der Waals surface area (Å²) in [6, 6.07) is 0. The SMILES string of the molecule is CCCCCCCCOC(CSCCCCCCC)Cn1ccnc1. The first kappa shape index (κ1) is 22.6. The average Bonchev–Trinajstić information content (AvgIpc) is 3.13. The van der Waals surface area contributed by atoms with E-state index in [1.807, 2.05) is 18.7 Å². The molecule has 1 aromatic heterocycles. The Balaban J connectivity index is 2.13. The predicted molar refractivity (Wildman–Crippen MR) is 111 cm³/mol. The standard InChI is InChI=1S/C21H40N2OS/c1-3-5-7-9-10-12-16-24-21(18-23-15-14-22-20-23)19-25-17-13-11-8-6-4-2/h14-15,20-21H,3-13,16-19H2,1-2H3. The summed E-state index contributed by atoms with van der Waals surface area (Å²) in [6.45, 7) is 6.38. The number of ether oxygens (including phenoxy) is 1. The van der Waals surface area contributed by atoms with E-state index in [-0.39, 0.29) is 0 Å². The third kappa shape index (κ3) is 13.4. The van der Waals surface area contributed by atoms with Crippen molar-refractivity contribution in [3.05, 3.63) is 18.7 Å². The van der Waals surface area contributed by atoms with Crippen LogP contribution in [0.3, 0.4) is 0 Å². The minimum Gasteiger partial charge on any atom is -0.376 e. The average molecular weight is 369 g/mol. The van der Waals surface area contributed by atoms with Gasteiger partial charge >= 0.3 is 0 Å². The predicted octanol–water partition coefficient (Wildman–Crippen LogP) is 6.33. The molecule has 0 saturated carbocycles. The van der Waals surface area contributed by atoms with E-state index in [1.165, 1.54) is 76.4 Å². The fourth-order valence-corrected chi connectivity index (χ4v) is 3.98. The lowest BCUT2D eigenvalue weighted by Crippen LogP contribution is -2.23. The van der Waals surface area contributed by atoms with Crippen LogP contribution in [0.2, 0.25) is 0 Å². The molecule has 1 rings (SSSR count). The first-order chi connectivity index (χ1) is 12.4. The highest BCUT2D eigenvalue weighted by Gasteiger charge is 2.10. The summed E-state index contributed by atoms with van der Waals surface area (Å²) in [5, 5.41) is 0. The van der Waals surface area contributed by atoms with Crippen molar-refractivity contribution in [2.75, 3.05) is 18.1 Å². The number of imidazole rings is 1. The molecule has 0 bridgehead atoms. The summed E-state index contributed by atoms with van der Waals surface area (Å²) in [5.41, 5.74) is 0. The number of thioether (sulfide) groups is 1. The molecule has 25 heavy (non-hydrogen) atoms. The Kier molecular flexibility index (Phi) is 15.3. The Hall–Kier alpha value is -0.480. The zero-order chi connectivity index (χ0) is 18.0. The number of rotatable bonds is 18. The molecule has 1 atom stereocenters. The van der Waals surface area contributed by atoms with Crippen LogP contribution in [0, 0.1) is 0 Å². The monoisotopic (exact) mass is 368 g/mol. The number of hydrogen-bond acceptors (Lipinski definition) is 3. The molecule has 0 radical (unpaired) electrons. The van der Waals surface area contributed by atoms with Crippen LogP contribution in [0.1, 0.15) is 84.5 Å². The van der Waals surface area contributed by atoms with Crippen molar-refractivity contribution in [3.63, 3.8) is 0 Å². The molecular weight excluding hydrogens is 328 g/mol. The van der Waals surface area contributed by atoms with Gasteiger partial charge in [-0.15, -0.1) is 0 Å². The van der Waals surface area contributed by atoms with Crippen LogP contribution in [-0.2, 0) is 11.3 Å². The zero-order valence-electron chi connectivity index (χ0n) is 16.6. The third-order valence-corrected chi connectivity index (χ3v) is 5.71. The first-order valence-corrected chi connectivity index (χ1v) is 11.7. The van der Waals surface area contributed by atoms with Gasteiger partial charge in [-0.25, -0.2) is 4.98 Å². The van der Waals surface area contributed by atoms with E-state index in [1.54, 1.807) is 0 Å². The van der Waals surface area contributed by atoms with Gasteiger partial charge in [0.05, 0.1) is 19.0 Å². The van der Waals surface area contributed by atoms with E-state index in [0.29, 0.717) is 6.10 Å². The molecule has 4 heteroatoms. The molecular formula is C21H40N2OS. The highest BCUT2D eigenvalue weighted by atomic mass is 32.2. The van der Waals surface area contributed by atoms with Crippen molar-refractivity contribution in [1.82, 2.24) is 9.55 Å². The molecule has 0 aromatic carbocycles. The molecule has 0 saturated heterocycles. The van der Waals surface area contributed by atoms with Crippen LogP contribution >= 0.6 is 11.8 Å². The topological polar surface area (TPSA) is 27.1 Å². The van der Waals surface area contributed by atoms with Crippen molar-refractivity contribution < 1.29 is 4.74 Å². The second-order valence-electron chi connectivity index (χ2n) is 7.01. The van der Waals surface area contributed by atoms with E-state index in [9.17, 15) is 0 Å². The van der Waals surface area contributed by atoms with Gasteiger partial charge in [0.25, 0.3) is 0 Å². The molecule has 1 unspecified atom stereocenters. The summed E-state index contributed by atoms with van der Waals surface area (Å²) in [5.74, 6) is 2.37. The maximum absolute atomic E-state index is 6.20. The van der Waals surface area contributed by atoms with Crippen LogP contribution < -0.4 is 0 Å². The van der Waals surface area contributed by atoms with Gasteiger partial charge in [-0.3, -0.25) is 0 Å². The zero-order valence-corrected chi connectivity index (χ0v) is 17.4. The van der Waals surface area contributed by atoms with Gasteiger partial charge in [-0.05, 0) is 18.6 Å². The summed E-state index contributed by atoms with van der Waals surface area (Å²) in [6.07, 6.45) is 20.9. The highest BCUT2D eigenvalue weighted by Crippen LogP contribution is 2.13. The van der Waals surface area contributed by atoms with Gasteiger partial charge in [-0.1, -0.05) is 71.6 Å². The van der Waals surface area contributed by atoms with E-state index in [4.69, 9.17) is 4.74 Å². The summed E-state index contributed by atoms with van der Waals surface area (Å²) < 4.78 is 8.34. The van der Waals surface area contributed by atoms with Crippen LogP contribution in [0.25, 0.3) is 0 Å². The Morgan fingerprint density at radius 1 is 0.920 bits per heavy atom. The molecule has 0 aliphatic heterocycles. The maximum Gasteiger partial charge on any atom is 0.0946 e. The molecule has 0 fully saturated rings. The molecule has 0 amide bonds. The van der Waals surface area contributed by atoms with E-state index < -0.39 is 0 Å². The fourth-order valence-electron chi connectivity index (χ4n) is 2.94. The van der Waals surface area contributed by atoms with Crippen LogP contribution in [0.4, 0.5) is 0 Å². The second kappa shape index (κ2) is 17.0. The van der Waals surface area contributed by atoms with Crippen molar-refractivity contribution in [3.8, 4) is 0 Å². The highest BCUT2D eigenvalue weighted by molar-refractivity contribution is 7.99. The van der Waals surface area contributed by atoms with Crippen LogP contribution in [0.15, 0.2) is 18.7 Å². The van der Waals surface area contributed by atoms with Gasteiger partial charge < -0.3 is 9.30 Å². The van der Waals surface area contributed by atoms with Crippen LogP contribution in [-0.4, -0.2) is 33.8 Å². The van der Waals surface area contributed by atoms with Crippen molar-refractivity contribution in [2.24, 2.45) is 0 Å². The number of nitrogens with zero attached hydrogens (tertiary/aromatic N) is 2. The summed E-state index contributed by atoms with van der Waals surface area (Å²) in [7, 11) is 0. The lowest BCUT2D eigenvalue weighted by molar-refractivity contribution is 0.0548. The maximum atomic E-state index is 6.20. The molecule has 1 aromatic rings. The van der Waals surface area contributed by atoms with E-state index in [0.717, 1.165) is 18.9 Å². The van der Waals surface area contributed by atoms with Gasteiger partial charge in [-0.2, -0.15) is 11.8 Å². The largest absolute Gasteiger partial charge is 0.376 e. The smallest absolute Gasteiger partial charge is 0.0946 e. The van der Waals surface area contributed by atoms with Crippen LogP contribution in [0.5, 0.6) is 0 Å². The molecule has 0 aliphatic rings. The Labute approximate surface area is 160 Å². The van der Waals surface area contributed by atoms with Gasteiger partial charge in [0, 0.05) is 24.8 Å². The molecule has 0 N–H and O–H groups in total. The minimum atomic E-state index is 0.311. The minimum absolute atomic E-state index is 0.311. The third-order valence-electron chi connectivity index (χ3n) is 4.52. The number of unbranched alkanes of at least 4 members (excludes halogenated alkanes) is 9. The first-order valence-electron chi connectivity index (χ1n) is 10.5. The Bertz CT molecular complexity index is 352. The lowest BCUT2D eigenvalue weighted by atomic mass is 10.1. The summed E-state index contributed by atoms with van der Waals surface area (Å²) >= 11 is 2.06. The van der Waals surface area contributed by atoms with Gasteiger partial charge in [0.15, 0.2) is 0 Å². The normalized spacial score (nSPS) is 12.6. The molecule has 1 heterocycles. The van der Waals surface area contributed by atoms with Gasteiger partial charge in [0.1, 0.15) is 0 Å². The van der Waals surface area contributed by atoms with Crippen molar-refractivity contribution >= 4 is 11.8 Å². The van der Waals surface area contributed by atoms with E-state index in [2.05, 4.69) is 35.2 Å². The van der Waals surface area contributed by atoms with Crippen molar-refractivity contribution in [1.29, 1.82) is 0 Å². The molecule has 146 valence electrons. The second-order valence-corrected chi connectivity index (χ2v) is 8.16. The molecule has 3 nitrogen and oxygen atoms in total. The fraction of sp³-hybridized carbons (Fsp3) is 0.857. The van der Waals surface area contributed by atoms with Gasteiger partial charge in [0.2, 0.25) is 0 Å². The molecule has 0 spiro atoms. The van der Waals surface area contributed by atoms with E-state index >= 15 is 0 Å². The Morgan fingerprint density at radius 3 is 2.28 bits per heavy atom. The number of hydrogen-bond donors (Lipinski definition) is 0. The lowest BCUT2D eigenvalue weighted by Gasteiger charge is -2.18. The van der Waals surface area contributed by atoms with Crippen molar-refractivity contribution in [2.45, 2.75) is 97.1 Å². The summed E-state index contributed by atoms with van der Waals surface area (Å²) in [4.78, 5) is 4.15. The Morgan fingerprint density at radius 2 is 1.60 bits per heavy atom. The quantitative estimate of drug-likeness (QED) is 0.283. The molecule has 0 aliphatic carbocycles. The number of aromatic nitrogens is 2.